The van der Waals surface area contributed by atoms with Crippen LogP contribution in [0.4, 0.5) is 0 Å². The first-order valence-corrected chi connectivity index (χ1v) is 10.3. The van der Waals surface area contributed by atoms with E-state index in [1.165, 1.54) is 0 Å². The number of hydrogen-bond acceptors (Lipinski definition) is 3. The average Bonchev–Trinajstić information content (AvgIpc) is 3.43. The van der Waals surface area contributed by atoms with Crippen LogP contribution in [0.3, 0.4) is 0 Å². The molecule has 6 heteroatoms. The van der Waals surface area contributed by atoms with Gasteiger partial charge in [-0.3, -0.25) is 0 Å². The van der Waals surface area contributed by atoms with E-state index in [0.29, 0.717) is 16.6 Å². The molecule has 3 aromatic carbocycles. The molecule has 0 bridgehead atoms. The van der Waals surface area contributed by atoms with Crippen LogP contribution in [0.15, 0.2) is 101 Å². The van der Waals surface area contributed by atoms with E-state index in [1.54, 1.807) is 6.20 Å². The molecule has 0 saturated heterocycles. The third-order valence-electron chi connectivity index (χ3n) is 4.58. The van der Waals surface area contributed by atoms with Gasteiger partial charge in [-0.05, 0) is 48.5 Å². The zero-order valence-electron chi connectivity index (χ0n) is 15.3. The minimum Gasteiger partial charge on any atom is -0.457 e. The van der Waals surface area contributed by atoms with E-state index in [0.717, 1.165) is 27.1 Å². The van der Waals surface area contributed by atoms with Crippen LogP contribution in [0.5, 0.6) is 11.5 Å². The Morgan fingerprint density at radius 2 is 1.72 bits per heavy atom. The molecule has 142 valence electrons. The van der Waals surface area contributed by atoms with Gasteiger partial charge in [0, 0.05) is 27.6 Å². The van der Waals surface area contributed by atoms with Crippen molar-refractivity contribution in [2.24, 2.45) is 0 Å². The van der Waals surface area contributed by atoms with Crippen molar-refractivity contribution in [3.8, 4) is 22.9 Å². The molecule has 1 unspecified atom stereocenters. The van der Waals surface area contributed by atoms with Crippen molar-refractivity contribution in [3.05, 3.63) is 91.3 Å². The van der Waals surface area contributed by atoms with Crippen LogP contribution in [-0.4, -0.2) is 19.2 Å². The molecule has 5 aromatic rings. The van der Waals surface area contributed by atoms with Crippen LogP contribution in [0.2, 0.25) is 0 Å². The van der Waals surface area contributed by atoms with E-state index in [-0.39, 0.29) is 0 Å². The standard InChI is InChI=1S/C23H17N3O2S/c27-29(20-7-2-1-3-8-20)22-15-25-23(26-22)17-5-4-6-18(14-17)28-19-9-10-21-16(13-19)11-12-24-21/h1-15,24H,(H,25,26). The molecule has 0 aliphatic rings. The maximum atomic E-state index is 12.7. The highest BCUT2D eigenvalue weighted by atomic mass is 32.2. The normalized spacial score (nSPS) is 12.1. The SMILES string of the molecule is O=S(c1ccccc1)c1cnc(-c2cccc(Oc3ccc4[nH]ccc4c3)c2)[nH]1. The van der Waals surface area contributed by atoms with Crippen molar-refractivity contribution in [1.29, 1.82) is 0 Å². The van der Waals surface area contributed by atoms with Gasteiger partial charge < -0.3 is 14.7 Å². The van der Waals surface area contributed by atoms with Gasteiger partial charge in [-0.15, -0.1) is 0 Å². The highest BCUT2D eigenvalue weighted by Crippen LogP contribution is 2.28. The predicted octanol–water partition coefficient (Wildman–Crippen LogP) is 5.52. The first-order valence-electron chi connectivity index (χ1n) is 9.13. The average molecular weight is 399 g/mol. The predicted molar refractivity (Wildman–Crippen MR) is 114 cm³/mol. The summed E-state index contributed by atoms with van der Waals surface area (Å²) in [7, 11) is -1.30. The number of fused-ring (bicyclic) bond motifs is 1. The van der Waals surface area contributed by atoms with Crippen LogP contribution in [0.1, 0.15) is 0 Å². The summed E-state index contributed by atoms with van der Waals surface area (Å²) in [6.07, 6.45) is 3.52. The number of rotatable bonds is 5. The van der Waals surface area contributed by atoms with Gasteiger partial charge in [-0.25, -0.2) is 9.19 Å². The van der Waals surface area contributed by atoms with Crippen molar-refractivity contribution >= 4 is 21.7 Å². The minimum absolute atomic E-state index is 0.565. The Labute approximate surface area is 169 Å². The summed E-state index contributed by atoms with van der Waals surface area (Å²) in [6, 6.07) is 24.9. The van der Waals surface area contributed by atoms with Crippen molar-refractivity contribution < 1.29 is 8.95 Å². The molecule has 0 amide bonds. The summed E-state index contributed by atoms with van der Waals surface area (Å²) in [5.74, 6) is 2.12. The van der Waals surface area contributed by atoms with Crippen LogP contribution in [0, 0.1) is 0 Å². The number of nitrogens with zero attached hydrogens (tertiary/aromatic N) is 1. The van der Waals surface area contributed by atoms with Crippen LogP contribution in [0.25, 0.3) is 22.3 Å². The fourth-order valence-corrected chi connectivity index (χ4v) is 4.15. The van der Waals surface area contributed by atoms with Crippen molar-refractivity contribution in [3.63, 3.8) is 0 Å². The van der Waals surface area contributed by atoms with E-state index in [1.807, 2.05) is 85.1 Å². The molecule has 0 aliphatic carbocycles. The second kappa shape index (κ2) is 7.41. The lowest BCUT2D eigenvalue weighted by molar-refractivity contribution is 0.483. The van der Waals surface area contributed by atoms with Crippen molar-refractivity contribution in [1.82, 2.24) is 15.0 Å². The molecule has 1 atom stereocenters. The molecular formula is C23H17N3O2S. The number of hydrogen-bond donors (Lipinski definition) is 2. The summed E-state index contributed by atoms with van der Waals surface area (Å²) in [5, 5.41) is 1.66. The highest BCUT2D eigenvalue weighted by molar-refractivity contribution is 7.85. The topological polar surface area (TPSA) is 70.8 Å². The fraction of sp³-hybridized carbons (Fsp3) is 0. The number of benzene rings is 3. The van der Waals surface area contributed by atoms with Crippen LogP contribution < -0.4 is 4.74 Å². The van der Waals surface area contributed by atoms with Gasteiger partial charge in [0.05, 0.1) is 6.20 Å². The monoisotopic (exact) mass is 399 g/mol. The van der Waals surface area contributed by atoms with Gasteiger partial charge in [-0.1, -0.05) is 30.3 Å². The lowest BCUT2D eigenvalue weighted by Gasteiger charge is -2.07. The fourth-order valence-electron chi connectivity index (χ4n) is 3.15. The maximum Gasteiger partial charge on any atom is 0.138 e. The lowest BCUT2D eigenvalue weighted by Crippen LogP contribution is -1.92. The number of aromatic nitrogens is 3. The third-order valence-corrected chi connectivity index (χ3v) is 5.88. The largest absolute Gasteiger partial charge is 0.457 e. The number of imidazole rings is 1. The quantitative estimate of drug-likeness (QED) is 0.409. The number of aromatic amines is 2. The molecule has 5 nitrogen and oxygen atoms in total. The Morgan fingerprint density at radius 3 is 2.62 bits per heavy atom. The molecule has 0 aliphatic heterocycles. The van der Waals surface area contributed by atoms with Crippen LogP contribution in [-0.2, 0) is 10.8 Å². The Balaban J connectivity index is 1.40. The van der Waals surface area contributed by atoms with Gasteiger partial charge in [-0.2, -0.15) is 0 Å². The van der Waals surface area contributed by atoms with Gasteiger partial charge in [0.1, 0.15) is 33.1 Å². The lowest BCUT2D eigenvalue weighted by atomic mass is 10.2. The van der Waals surface area contributed by atoms with E-state index in [4.69, 9.17) is 4.74 Å². The summed E-state index contributed by atoms with van der Waals surface area (Å²) >= 11 is 0. The number of nitrogens with one attached hydrogen (secondary N) is 2. The smallest absolute Gasteiger partial charge is 0.138 e. The molecule has 0 fully saturated rings. The van der Waals surface area contributed by atoms with Crippen molar-refractivity contribution in [2.75, 3.05) is 0 Å². The van der Waals surface area contributed by atoms with Gasteiger partial charge in [0.2, 0.25) is 0 Å². The molecule has 0 saturated carbocycles. The Kier molecular flexibility index (Phi) is 4.46. The summed E-state index contributed by atoms with van der Waals surface area (Å²) in [5.41, 5.74) is 1.93. The summed E-state index contributed by atoms with van der Waals surface area (Å²) < 4.78 is 18.7. The Morgan fingerprint density at radius 1 is 0.862 bits per heavy atom. The number of H-pyrrole nitrogens is 2. The summed E-state index contributed by atoms with van der Waals surface area (Å²) in [4.78, 5) is 11.5. The Hall–Kier alpha value is -3.64. The minimum atomic E-state index is -1.30. The van der Waals surface area contributed by atoms with E-state index < -0.39 is 10.8 Å². The molecule has 0 spiro atoms. The van der Waals surface area contributed by atoms with Crippen molar-refractivity contribution in [2.45, 2.75) is 9.92 Å². The first-order chi connectivity index (χ1) is 14.3. The van der Waals surface area contributed by atoms with Gasteiger partial charge in [0.25, 0.3) is 0 Å². The number of ether oxygens (including phenoxy) is 1. The van der Waals surface area contributed by atoms with Gasteiger partial charge >= 0.3 is 0 Å². The molecule has 29 heavy (non-hydrogen) atoms. The molecular weight excluding hydrogens is 382 g/mol. The van der Waals surface area contributed by atoms with E-state index >= 15 is 0 Å². The third kappa shape index (κ3) is 3.58. The molecule has 0 radical (unpaired) electrons. The van der Waals surface area contributed by atoms with Gasteiger partial charge in [0.15, 0.2) is 0 Å². The molecule has 2 N–H and O–H groups in total. The zero-order chi connectivity index (χ0) is 19.6. The molecule has 5 rings (SSSR count). The second-order valence-electron chi connectivity index (χ2n) is 6.53. The zero-order valence-corrected chi connectivity index (χ0v) is 16.1. The highest BCUT2D eigenvalue weighted by Gasteiger charge is 2.12. The van der Waals surface area contributed by atoms with Crippen LogP contribution >= 0.6 is 0 Å². The molecule has 2 aromatic heterocycles. The maximum absolute atomic E-state index is 12.7. The first kappa shape index (κ1) is 17.5. The summed E-state index contributed by atoms with van der Waals surface area (Å²) in [6.45, 7) is 0. The van der Waals surface area contributed by atoms with E-state index in [2.05, 4.69) is 15.0 Å². The van der Waals surface area contributed by atoms with E-state index in [9.17, 15) is 4.21 Å². The molecule has 2 heterocycles. The second-order valence-corrected chi connectivity index (χ2v) is 7.98. The Bertz CT molecular complexity index is 1310.